The van der Waals surface area contributed by atoms with Crippen molar-refractivity contribution in [2.24, 2.45) is 5.73 Å². The first-order chi connectivity index (χ1) is 12.1. The second-order valence-corrected chi connectivity index (χ2v) is 7.33. The van der Waals surface area contributed by atoms with E-state index in [1.807, 2.05) is 39.8 Å². The molecular weight excluding hydrogens is 334 g/mol. The average molecular weight is 356 g/mol. The van der Waals surface area contributed by atoms with E-state index in [-0.39, 0.29) is 5.82 Å². The van der Waals surface area contributed by atoms with E-state index in [2.05, 4.69) is 0 Å². The summed E-state index contributed by atoms with van der Waals surface area (Å²) in [6.07, 6.45) is 0. The van der Waals surface area contributed by atoms with Gasteiger partial charge in [0.1, 0.15) is 5.82 Å². The summed E-state index contributed by atoms with van der Waals surface area (Å²) in [7, 11) is -0.484. The van der Waals surface area contributed by atoms with Crippen LogP contribution >= 0.6 is 0 Å². The molecular formula is C19H22BFN2O3. The van der Waals surface area contributed by atoms with Crippen molar-refractivity contribution in [2.75, 3.05) is 4.90 Å². The summed E-state index contributed by atoms with van der Waals surface area (Å²) in [5.74, 6) is -0.380. The molecule has 136 valence electrons. The number of hydrogen-bond acceptors (Lipinski definition) is 3. The van der Waals surface area contributed by atoms with Gasteiger partial charge >= 0.3 is 13.1 Å². The second-order valence-electron chi connectivity index (χ2n) is 7.33. The zero-order valence-corrected chi connectivity index (χ0v) is 15.3. The maximum absolute atomic E-state index is 13.1. The Bertz CT molecular complexity index is 791. The lowest BCUT2D eigenvalue weighted by molar-refractivity contribution is 0.00578. The SMILES string of the molecule is CC1(C)OB(c2ccc(N(C(N)=O)c3ccc(F)cc3)cc2)OC1(C)C. The Hall–Kier alpha value is -2.38. The van der Waals surface area contributed by atoms with Gasteiger partial charge in [0.25, 0.3) is 0 Å². The maximum atomic E-state index is 13.1. The topological polar surface area (TPSA) is 64.8 Å². The number of anilines is 2. The minimum Gasteiger partial charge on any atom is -0.399 e. The number of nitrogens with zero attached hydrogens (tertiary/aromatic N) is 1. The van der Waals surface area contributed by atoms with E-state index in [1.165, 1.54) is 29.2 Å². The number of rotatable bonds is 3. The first-order valence-electron chi connectivity index (χ1n) is 8.41. The molecule has 2 N–H and O–H groups in total. The van der Waals surface area contributed by atoms with E-state index in [4.69, 9.17) is 15.0 Å². The van der Waals surface area contributed by atoms with Crippen LogP contribution in [0.15, 0.2) is 48.5 Å². The van der Waals surface area contributed by atoms with Crippen LogP contribution in [0.3, 0.4) is 0 Å². The lowest BCUT2D eigenvalue weighted by atomic mass is 9.79. The predicted molar refractivity (Wildman–Crippen MR) is 100 cm³/mol. The summed E-state index contributed by atoms with van der Waals surface area (Å²) in [5, 5.41) is 0. The van der Waals surface area contributed by atoms with Gasteiger partial charge in [0.2, 0.25) is 0 Å². The largest absolute Gasteiger partial charge is 0.494 e. The number of carbonyl (C=O) groups excluding carboxylic acids is 1. The third-order valence-electron chi connectivity index (χ3n) is 4.98. The highest BCUT2D eigenvalue weighted by molar-refractivity contribution is 6.62. The fourth-order valence-corrected chi connectivity index (χ4v) is 2.75. The van der Waals surface area contributed by atoms with Crippen LogP contribution in [0.4, 0.5) is 20.6 Å². The van der Waals surface area contributed by atoms with Crippen molar-refractivity contribution in [2.45, 2.75) is 38.9 Å². The molecule has 2 aromatic rings. The number of primary amides is 1. The van der Waals surface area contributed by atoms with Crippen LogP contribution in [0.5, 0.6) is 0 Å². The summed E-state index contributed by atoms with van der Waals surface area (Å²) in [5.41, 5.74) is 6.57. The first-order valence-corrected chi connectivity index (χ1v) is 8.41. The summed E-state index contributed by atoms with van der Waals surface area (Å²) in [4.78, 5) is 13.2. The van der Waals surface area contributed by atoms with Gasteiger partial charge < -0.3 is 15.0 Å². The van der Waals surface area contributed by atoms with Crippen LogP contribution in [-0.4, -0.2) is 24.4 Å². The van der Waals surface area contributed by atoms with E-state index < -0.39 is 24.4 Å². The molecule has 0 radical (unpaired) electrons. The van der Waals surface area contributed by atoms with Crippen molar-refractivity contribution in [3.05, 3.63) is 54.3 Å². The lowest BCUT2D eigenvalue weighted by Crippen LogP contribution is -2.41. The smallest absolute Gasteiger partial charge is 0.399 e. The molecule has 2 aromatic carbocycles. The van der Waals surface area contributed by atoms with Crippen molar-refractivity contribution >= 4 is 30.0 Å². The van der Waals surface area contributed by atoms with Crippen LogP contribution in [0.1, 0.15) is 27.7 Å². The summed E-state index contributed by atoms with van der Waals surface area (Å²) in [6.45, 7) is 7.96. The number of urea groups is 1. The van der Waals surface area contributed by atoms with Gasteiger partial charge in [-0.05, 0) is 69.6 Å². The van der Waals surface area contributed by atoms with Crippen molar-refractivity contribution in [1.82, 2.24) is 0 Å². The highest BCUT2D eigenvalue weighted by Crippen LogP contribution is 2.36. The van der Waals surface area contributed by atoms with E-state index in [0.29, 0.717) is 11.4 Å². The number of benzene rings is 2. The number of halogens is 1. The fraction of sp³-hybridized carbons (Fsp3) is 0.316. The van der Waals surface area contributed by atoms with Gasteiger partial charge in [0, 0.05) is 0 Å². The molecule has 2 amide bonds. The molecule has 1 aliphatic heterocycles. The van der Waals surface area contributed by atoms with Crippen LogP contribution < -0.4 is 16.1 Å². The molecule has 1 fully saturated rings. The highest BCUT2D eigenvalue weighted by atomic mass is 19.1. The standard InChI is InChI=1S/C19H22BFN2O3/c1-18(2)19(3,4)26-20(25-18)13-5-9-15(10-6-13)23(17(22)24)16-11-7-14(21)8-12-16/h5-12H,1-4H3,(H2,22,24). The Morgan fingerprint density at radius 3 is 1.77 bits per heavy atom. The van der Waals surface area contributed by atoms with Crippen molar-refractivity contribution in [3.8, 4) is 0 Å². The molecule has 0 unspecified atom stereocenters. The molecule has 1 aliphatic rings. The molecule has 0 aromatic heterocycles. The van der Waals surface area contributed by atoms with Crippen LogP contribution in [0.2, 0.25) is 0 Å². The van der Waals surface area contributed by atoms with E-state index in [0.717, 1.165) is 5.46 Å². The van der Waals surface area contributed by atoms with Crippen LogP contribution in [-0.2, 0) is 9.31 Å². The third kappa shape index (κ3) is 3.32. The van der Waals surface area contributed by atoms with E-state index in [9.17, 15) is 9.18 Å². The molecule has 1 heterocycles. The van der Waals surface area contributed by atoms with Gasteiger partial charge in [-0.3, -0.25) is 4.90 Å². The molecule has 0 saturated carbocycles. The van der Waals surface area contributed by atoms with Gasteiger partial charge in [-0.15, -0.1) is 0 Å². The summed E-state index contributed by atoms with van der Waals surface area (Å²) >= 11 is 0. The predicted octanol–water partition coefficient (Wildman–Crippen LogP) is 3.34. The Morgan fingerprint density at radius 1 is 0.923 bits per heavy atom. The summed E-state index contributed by atoms with van der Waals surface area (Å²) in [6, 6.07) is 12.1. The Kier molecular flexibility index (Phi) is 4.54. The minimum atomic E-state index is -0.653. The molecule has 1 saturated heterocycles. The average Bonchev–Trinajstić information content (AvgIpc) is 2.78. The summed E-state index contributed by atoms with van der Waals surface area (Å²) < 4.78 is 25.2. The Labute approximate surface area is 153 Å². The molecule has 0 aliphatic carbocycles. The van der Waals surface area contributed by atoms with Crippen LogP contribution in [0.25, 0.3) is 0 Å². The lowest BCUT2D eigenvalue weighted by Gasteiger charge is -2.32. The van der Waals surface area contributed by atoms with Crippen molar-refractivity contribution in [1.29, 1.82) is 0 Å². The molecule has 3 rings (SSSR count). The van der Waals surface area contributed by atoms with Gasteiger partial charge in [-0.25, -0.2) is 9.18 Å². The maximum Gasteiger partial charge on any atom is 0.494 e. The Morgan fingerprint density at radius 2 is 1.35 bits per heavy atom. The Balaban J connectivity index is 1.86. The molecule has 0 atom stereocenters. The number of amides is 2. The van der Waals surface area contributed by atoms with Crippen molar-refractivity contribution < 1.29 is 18.5 Å². The highest BCUT2D eigenvalue weighted by Gasteiger charge is 2.51. The van der Waals surface area contributed by atoms with Crippen molar-refractivity contribution in [3.63, 3.8) is 0 Å². The van der Waals surface area contributed by atoms with Gasteiger partial charge in [-0.1, -0.05) is 12.1 Å². The third-order valence-corrected chi connectivity index (χ3v) is 4.98. The number of carbonyl (C=O) groups is 1. The molecule has 7 heteroatoms. The molecule has 26 heavy (non-hydrogen) atoms. The second kappa shape index (κ2) is 6.41. The zero-order chi connectivity index (χ0) is 19.1. The molecule has 0 bridgehead atoms. The normalized spacial score (nSPS) is 18.0. The zero-order valence-electron chi connectivity index (χ0n) is 15.3. The number of nitrogens with two attached hydrogens (primary N) is 1. The van der Waals surface area contributed by atoms with E-state index in [1.54, 1.807) is 12.1 Å². The van der Waals surface area contributed by atoms with Gasteiger partial charge in [0.05, 0.1) is 22.6 Å². The van der Waals surface area contributed by atoms with E-state index >= 15 is 0 Å². The van der Waals surface area contributed by atoms with Gasteiger partial charge in [0.15, 0.2) is 0 Å². The molecule has 0 spiro atoms. The quantitative estimate of drug-likeness (QED) is 0.858. The minimum absolute atomic E-state index is 0.380. The first kappa shape index (κ1) is 18.4. The molecule has 5 nitrogen and oxygen atoms in total. The van der Waals surface area contributed by atoms with Gasteiger partial charge in [-0.2, -0.15) is 0 Å². The number of hydrogen-bond donors (Lipinski definition) is 1. The van der Waals surface area contributed by atoms with Crippen LogP contribution in [0, 0.1) is 5.82 Å². The monoisotopic (exact) mass is 356 g/mol. The fourth-order valence-electron chi connectivity index (χ4n) is 2.75.